The third kappa shape index (κ3) is 3.49. The van der Waals surface area contributed by atoms with E-state index in [0.717, 1.165) is 10.0 Å². The minimum Gasteiger partial charge on any atom is -0.339 e. The first-order valence-corrected chi connectivity index (χ1v) is 5.98. The number of hydrogen-bond acceptors (Lipinski definition) is 4. The number of nitrogens with zero attached hydrogens (tertiary/aromatic N) is 2. The van der Waals surface area contributed by atoms with Crippen molar-refractivity contribution in [3.8, 4) is 0 Å². The monoisotopic (exact) mass is 294 g/mol. The first-order chi connectivity index (χ1) is 8.13. The van der Waals surface area contributed by atoms with Gasteiger partial charge in [-0.3, -0.25) is 4.79 Å². The zero-order valence-electron chi connectivity index (χ0n) is 9.31. The van der Waals surface area contributed by atoms with Gasteiger partial charge in [0.2, 0.25) is 5.89 Å². The molecule has 0 N–H and O–H groups in total. The molecule has 0 spiro atoms. The Bertz CT molecular complexity index is 520. The van der Waals surface area contributed by atoms with E-state index in [1.54, 1.807) is 0 Å². The third-order valence-corrected chi connectivity index (χ3v) is 2.71. The van der Waals surface area contributed by atoms with Gasteiger partial charge in [-0.15, -0.1) is 0 Å². The van der Waals surface area contributed by atoms with Crippen LogP contribution >= 0.6 is 15.9 Å². The number of aromatic nitrogens is 2. The maximum absolute atomic E-state index is 10.9. The van der Waals surface area contributed by atoms with E-state index < -0.39 is 0 Å². The van der Waals surface area contributed by atoms with E-state index in [9.17, 15) is 4.79 Å². The number of halogens is 1. The summed E-state index contributed by atoms with van der Waals surface area (Å²) in [5.74, 6) is 0.997. The topological polar surface area (TPSA) is 56.0 Å². The lowest BCUT2D eigenvalue weighted by Crippen LogP contribution is -1.97. The van der Waals surface area contributed by atoms with Crippen molar-refractivity contribution in [2.45, 2.75) is 19.8 Å². The fourth-order valence-corrected chi connectivity index (χ4v) is 1.70. The predicted octanol–water partition coefficient (Wildman–Crippen LogP) is 2.55. The zero-order valence-corrected chi connectivity index (χ0v) is 10.9. The van der Waals surface area contributed by atoms with Crippen LogP contribution in [-0.2, 0) is 17.6 Å². The summed E-state index contributed by atoms with van der Waals surface area (Å²) in [5, 5.41) is 3.84. The van der Waals surface area contributed by atoms with Gasteiger partial charge in [0.05, 0.1) is 6.42 Å². The lowest BCUT2D eigenvalue weighted by atomic mass is 10.1. The van der Waals surface area contributed by atoms with Crippen LogP contribution in [0.5, 0.6) is 0 Å². The highest BCUT2D eigenvalue weighted by atomic mass is 79.9. The Morgan fingerprint density at radius 2 is 2.06 bits per heavy atom. The average molecular weight is 295 g/mol. The van der Waals surface area contributed by atoms with Gasteiger partial charge in [-0.25, -0.2) is 0 Å². The smallest absolute Gasteiger partial charge is 0.234 e. The number of carbonyl (C=O) groups is 1. The quantitative estimate of drug-likeness (QED) is 0.870. The summed E-state index contributed by atoms with van der Waals surface area (Å²) < 4.78 is 6.01. The minimum absolute atomic E-state index is 0.0174. The zero-order chi connectivity index (χ0) is 12.3. The van der Waals surface area contributed by atoms with E-state index in [1.807, 2.05) is 24.3 Å². The molecule has 4 nitrogen and oxygen atoms in total. The second-order valence-electron chi connectivity index (χ2n) is 3.79. The Morgan fingerprint density at radius 3 is 2.71 bits per heavy atom. The van der Waals surface area contributed by atoms with Gasteiger partial charge in [0.15, 0.2) is 5.82 Å². The summed E-state index contributed by atoms with van der Waals surface area (Å²) in [6, 6.07) is 7.91. The summed E-state index contributed by atoms with van der Waals surface area (Å²) in [7, 11) is 0. The molecule has 0 aliphatic rings. The van der Waals surface area contributed by atoms with Crippen LogP contribution in [0.15, 0.2) is 33.3 Å². The van der Waals surface area contributed by atoms with E-state index in [0.29, 0.717) is 18.1 Å². The maximum atomic E-state index is 10.9. The third-order valence-electron chi connectivity index (χ3n) is 2.19. The van der Waals surface area contributed by atoms with Crippen molar-refractivity contribution in [3.05, 3.63) is 46.0 Å². The molecule has 0 aliphatic carbocycles. The van der Waals surface area contributed by atoms with Crippen LogP contribution in [0.2, 0.25) is 0 Å². The molecule has 0 atom stereocenters. The minimum atomic E-state index is 0.0174. The molecule has 1 heterocycles. The maximum Gasteiger partial charge on any atom is 0.234 e. The first kappa shape index (κ1) is 12.0. The van der Waals surface area contributed by atoms with Gasteiger partial charge in [0.1, 0.15) is 5.78 Å². The number of benzene rings is 1. The highest BCUT2D eigenvalue weighted by Crippen LogP contribution is 2.13. The van der Waals surface area contributed by atoms with Gasteiger partial charge in [-0.2, -0.15) is 4.98 Å². The number of ketones is 1. The van der Waals surface area contributed by atoms with Crippen LogP contribution in [0, 0.1) is 0 Å². The molecule has 5 heteroatoms. The van der Waals surface area contributed by atoms with Gasteiger partial charge < -0.3 is 4.52 Å². The highest BCUT2D eigenvalue weighted by molar-refractivity contribution is 9.10. The first-order valence-electron chi connectivity index (χ1n) is 5.19. The molecule has 0 aliphatic heterocycles. The summed E-state index contributed by atoms with van der Waals surface area (Å²) >= 11 is 3.37. The molecule has 0 radical (unpaired) electrons. The molecule has 2 rings (SSSR count). The number of rotatable bonds is 4. The summed E-state index contributed by atoms with van der Waals surface area (Å²) in [6.07, 6.45) is 0.808. The number of hydrogen-bond donors (Lipinski definition) is 0. The Balaban J connectivity index is 2.06. The standard InChI is InChI=1S/C12H11BrN2O2/c1-8(16)6-12-14-11(15-17-12)7-9-2-4-10(13)5-3-9/h2-5H,6-7H2,1H3. The molecule has 0 fully saturated rings. The normalized spacial score (nSPS) is 10.5. The van der Waals surface area contributed by atoms with E-state index in [-0.39, 0.29) is 12.2 Å². The summed E-state index contributed by atoms with van der Waals surface area (Å²) in [4.78, 5) is 15.0. The predicted molar refractivity (Wildman–Crippen MR) is 65.6 cm³/mol. The molecular formula is C12H11BrN2O2. The molecule has 88 valence electrons. The van der Waals surface area contributed by atoms with Crippen molar-refractivity contribution in [2.75, 3.05) is 0 Å². The second-order valence-corrected chi connectivity index (χ2v) is 4.70. The Hall–Kier alpha value is -1.49. The van der Waals surface area contributed by atoms with Crippen LogP contribution in [0.25, 0.3) is 0 Å². The highest BCUT2D eigenvalue weighted by Gasteiger charge is 2.08. The van der Waals surface area contributed by atoms with Crippen LogP contribution in [0.3, 0.4) is 0 Å². The van der Waals surface area contributed by atoms with Crippen molar-refractivity contribution in [1.82, 2.24) is 10.1 Å². The van der Waals surface area contributed by atoms with Crippen molar-refractivity contribution in [1.29, 1.82) is 0 Å². The van der Waals surface area contributed by atoms with Crippen molar-refractivity contribution in [3.63, 3.8) is 0 Å². The largest absolute Gasteiger partial charge is 0.339 e. The van der Waals surface area contributed by atoms with E-state index >= 15 is 0 Å². The Kier molecular flexibility index (Phi) is 3.68. The van der Waals surface area contributed by atoms with Crippen LogP contribution in [0.4, 0.5) is 0 Å². The average Bonchev–Trinajstić information content (AvgIpc) is 2.68. The number of Topliss-reactive ketones (excluding diaryl/α,β-unsaturated/α-hetero) is 1. The van der Waals surface area contributed by atoms with Gasteiger partial charge in [0.25, 0.3) is 0 Å². The van der Waals surface area contributed by atoms with Crippen molar-refractivity contribution >= 4 is 21.7 Å². The van der Waals surface area contributed by atoms with Gasteiger partial charge in [0, 0.05) is 10.9 Å². The molecule has 2 aromatic rings. The lowest BCUT2D eigenvalue weighted by Gasteiger charge is -1.96. The van der Waals surface area contributed by atoms with Gasteiger partial charge in [-0.05, 0) is 24.6 Å². The molecule has 1 aromatic heterocycles. The Morgan fingerprint density at radius 1 is 1.35 bits per heavy atom. The lowest BCUT2D eigenvalue weighted by molar-refractivity contribution is -0.116. The molecule has 1 aromatic carbocycles. The molecule has 0 amide bonds. The molecule has 0 unspecified atom stereocenters. The fourth-order valence-electron chi connectivity index (χ4n) is 1.43. The molecular weight excluding hydrogens is 284 g/mol. The summed E-state index contributed by atoms with van der Waals surface area (Å²) in [5.41, 5.74) is 1.10. The summed E-state index contributed by atoms with van der Waals surface area (Å²) in [6.45, 7) is 1.50. The molecule has 17 heavy (non-hydrogen) atoms. The van der Waals surface area contributed by atoms with E-state index in [1.165, 1.54) is 6.92 Å². The SMILES string of the molecule is CC(=O)Cc1nc(Cc2ccc(Br)cc2)no1. The Labute approximate surface area is 107 Å². The van der Waals surface area contributed by atoms with E-state index in [4.69, 9.17) is 4.52 Å². The molecule has 0 saturated heterocycles. The van der Waals surface area contributed by atoms with Crippen LogP contribution in [0.1, 0.15) is 24.2 Å². The molecule has 0 saturated carbocycles. The fraction of sp³-hybridized carbons (Fsp3) is 0.250. The number of carbonyl (C=O) groups excluding carboxylic acids is 1. The van der Waals surface area contributed by atoms with Gasteiger partial charge in [-0.1, -0.05) is 33.2 Å². The van der Waals surface area contributed by atoms with Crippen molar-refractivity contribution < 1.29 is 9.32 Å². The van der Waals surface area contributed by atoms with Crippen LogP contribution < -0.4 is 0 Å². The second kappa shape index (κ2) is 5.23. The van der Waals surface area contributed by atoms with E-state index in [2.05, 4.69) is 26.1 Å². The van der Waals surface area contributed by atoms with Gasteiger partial charge >= 0.3 is 0 Å². The van der Waals surface area contributed by atoms with Crippen LogP contribution in [-0.4, -0.2) is 15.9 Å². The van der Waals surface area contributed by atoms with Crippen molar-refractivity contribution in [2.24, 2.45) is 0 Å². The molecule has 0 bridgehead atoms.